The number of fused-ring (bicyclic) bond motifs is 3. The lowest BCUT2D eigenvalue weighted by molar-refractivity contribution is 0.167. The average Bonchev–Trinajstić information content (AvgIpc) is 2.85. The van der Waals surface area contributed by atoms with Crippen LogP contribution in [0.3, 0.4) is 0 Å². The number of anilines is 1. The summed E-state index contributed by atoms with van der Waals surface area (Å²) in [4.78, 5) is 16.4. The molecule has 0 atom stereocenters. The van der Waals surface area contributed by atoms with E-state index in [0.717, 1.165) is 6.07 Å². The maximum atomic E-state index is 14.9. The van der Waals surface area contributed by atoms with Crippen LogP contribution in [0.15, 0.2) is 66.9 Å². The summed E-state index contributed by atoms with van der Waals surface area (Å²) in [5, 5.41) is 3.02. The minimum atomic E-state index is -0.739. The van der Waals surface area contributed by atoms with Crippen molar-refractivity contribution in [2.45, 2.75) is 0 Å². The van der Waals surface area contributed by atoms with E-state index in [1.165, 1.54) is 19.2 Å². The van der Waals surface area contributed by atoms with Crippen LogP contribution < -0.4 is 29.0 Å². The maximum Gasteiger partial charge on any atom is 0.417 e. The van der Waals surface area contributed by atoms with Crippen LogP contribution in [0.25, 0.3) is 10.9 Å². The van der Waals surface area contributed by atoms with Crippen molar-refractivity contribution < 1.29 is 32.9 Å². The van der Waals surface area contributed by atoms with Gasteiger partial charge in [0, 0.05) is 24.0 Å². The Morgan fingerprint density at radius 2 is 1.76 bits per heavy atom. The number of aromatic nitrogens is 1. The lowest BCUT2D eigenvalue weighted by atomic mass is 10.1. The standard InChI is InChI=1S/C25H19FN2O6/c1-30-21-14-18-22(24-23(21)31-11-12-32-24)20(9-10-27-18)34-19-8-7-15(13-17(19)26)28-25(29)33-16-5-3-2-4-6-16/h2-10,13-14H,11-12H2,1H3,(H,28,29). The zero-order valence-corrected chi connectivity index (χ0v) is 18.0. The van der Waals surface area contributed by atoms with Crippen LogP contribution >= 0.6 is 0 Å². The van der Waals surface area contributed by atoms with E-state index in [9.17, 15) is 9.18 Å². The van der Waals surface area contributed by atoms with E-state index < -0.39 is 11.9 Å². The molecule has 1 aliphatic heterocycles. The van der Waals surface area contributed by atoms with Crippen LogP contribution in [0.2, 0.25) is 0 Å². The Morgan fingerprint density at radius 3 is 2.53 bits per heavy atom. The van der Waals surface area contributed by atoms with Gasteiger partial charge in [0.25, 0.3) is 0 Å². The molecule has 1 aliphatic rings. The molecular formula is C25H19FN2O6. The number of nitrogens with one attached hydrogen (secondary N) is 1. The highest BCUT2D eigenvalue weighted by Gasteiger charge is 2.24. The summed E-state index contributed by atoms with van der Waals surface area (Å²) in [5.41, 5.74) is 0.755. The second kappa shape index (κ2) is 9.14. The third kappa shape index (κ3) is 4.23. The summed E-state index contributed by atoms with van der Waals surface area (Å²) in [6.45, 7) is 0.721. The van der Waals surface area contributed by atoms with Gasteiger partial charge in [-0.25, -0.2) is 9.18 Å². The van der Waals surface area contributed by atoms with E-state index in [1.54, 1.807) is 48.7 Å². The summed E-state index contributed by atoms with van der Waals surface area (Å²) >= 11 is 0. The second-order valence-electron chi connectivity index (χ2n) is 7.21. The number of halogens is 1. The van der Waals surface area contributed by atoms with E-state index in [0.29, 0.717) is 52.9 Å². The average molecular weight is 462 g/mol. The molecule has 0 saturated heterocycles. The molecule has 1 aromatic heterocycles. The zero-order chi connectivity index (χ0) is 23.5. The number of amides is 1. The minimum absolute atomic E-state index is 0.0456. The number of hydrogen-bond acceptors (Lipinski definition) is 7. The van der Waals surface area contributed by atoms with Crippen molar-refractivity contribution in [1.29, 1.82) is 0 Å². The first-order chi connectivity index (χ1) is 16.6. The third-order valence-corrected chi connectivity index (χ3v) is 5.01. The molecule has 4 aromatic rings. The minimum Gasteiger partial charge on any atom is -0.493 e. The topological polar surface area (TPSA) is 88.1 Å². The van der Waals surface area contributed by atoms with Gasteiger partial charge in [-0.15, -0.1) is 0 Å². The molecule has 0 unspecified atom stereocenters. The van der Waals surface area contributed by atoms with Crippen molar-refractivity contribution in [2.75, 3.05) is 25.6 Å². The van der Waals surface area contributed by atoms with Crippen molar-refractivity contribution in [3.63, 3.8) is 0 Å². The van der Waals surface area contributed by atoms with Crippen molar-refractivity contribution in [1.82, 2.24) is 4.98 Å². The highest BCUT2D eigenvalue weighted by Crippen LogP contribution is 2.48. The molecule has 0 fully saturated rings. The number of rotatable bonds is 5. The van der Waals surface area contributed by atoms with E-state index >= 15 is 0 Å². The van der Waals surface area contributed by atoms with Crippen molar-refractivity contribution in [3.05, 3.63) is 72.7 Å². The quantitative estimate of drug-likeness (QED) is 0.416. The molecule has 1 N–H and O–H groups in total. The number of ether oxygens (including phenoxy) is 5. The SMILES string of the molecule is COc1cc2nccc(Oc3ccc(NC(=O)Oc4ccccc4)cc3F)c2c2c1OCCO2. The Labute approximate surface area is 193 Å². The van der Waals surface area contributed by atoms with E-state index in [2.05, 4.69) is 10.3 Å². The number of nitrogens with zero attached hydrogens (tertiary/aromatic N) is 1. The molecular weight excluding hydrogens is 443 g/mol. The number of carbonyl (C=O) groups excluding carboxylic acids is 1. The number of benzene rings is 3. The van der Waals surface area contributed by atoms with Crippen LogP contribution in [0.5, 0.6) is 34.5 Å². The summed E-state index contributed by atoms with van der Waals surface area (Å²) in [6.07, 6.45) is 0.803. The van der Waals surface area contributed by atoms with E-state index in [1.807, 2.05) is 0 Å². The summed E-state index contributed by atoms with van der Waals surface area (Å²) in [5.74, 6) is 1.32. The van der Waals surface area contributed by atoms with E-state index in [4.69, 9.17) is 23.7 Å². The number of methoxy groups -OCH3 is 1. The molecule has 8 nitrogen and oxygen atoms in total. The van der Waals surface area contributed by atoms with Gasteiger partial charge in [0.1, 0.15) is 24.7 Å². The third-order valence-electron chi connectivity index (χ3n) is 5.01. The van der Waals surface area contributed by atoms with Crippen molar-refractivity contribution in [3.8, 4) is 34.5 Å². The lowest BCUT2D eigenvalue weighted by Gasteiger charge is -2.23. The molecule has 9 heteroatoms. The Bertz CT molecular complexity index is 1360. The fourth-order valence-electron chi connectivity index (χ4n) is 3.53. The molecule has 0 saturated carbocycles. The van der Waals surface area contributed by atoms with Crippen LogP contribution in [0.1, 0.15) is 0 Å². The summed E-state index contributed by atoms with van der Waals surface area (Å²) in [6, 6.07) is 15.9. The first-order valence-corrected chi connectivity index (χ1v) is 10.4. The van der Waals surface area contributed by atoms with Gasteiger partial charge < -0.3 is 23.7 Å². The fraction of sp³-hybridized carbons (Fsp3) is 0.120. The van der Waals surface area contributed by atoms with Gasteiger partial charge in [0.2, 0.25) is 5.75 Å². The van der Waals surface area contributed by atoms with E-state index in [-0.39, 0.29) is 11.4 Å². The maximum absolute atomic E-state index is 14.9. The molecule has 0 bridgehead atoms. The zero-order valence-electron chi connectivity index (χ0n) is 18.0. The number of para-hydroxylation sites is 1. The second-order valence-corrected chi connectivity index (χ2v) is 7.21. The first-order valence-electron chi connectivity index (χ1n) is 10.4. The van der Waals surface area contributed by atoms with Crippen molar-refractivity contribution in [2.24, 2.45) is 0 Å². The van der Waals surface area contributed by atoms with Crippen LogP contribution in [-0.4, -0.2) is 31.4 Å². The lowest BCUT2D eigenvalue weighted by Crippen LogP contribution is -2.16. The van der Waals surface area contributed by atoms with Gasteiger partial charge in [-0.3, -0.25) is 10.3 Å². The number of carbonyl (C=O) groups is 1. The van der Waals surface area contributed by atoms with Gasteiger partial charge in [-0.05, 0) is 30.3 Å². The Kier molecular flexibility index (Phi) is 5.73. The predicted molar refractivity (Wildman–Crippen MR) is 122 cm³/mol. The predicted octanol–water partition coefficient (Wildman–Crippen LogP) is 5.56. The van der Waals surface area contributed by atoms with Gasteiger partial charge in [-0.1, -0.05) is 18.2 Å². The first kappa shape index (κ1) is 21.3. The highest BCUT2D eigenvalue weighted by atomic mass is 19.1. The Morgan fingerprint density at radius 1 is 0.971 bits per heavy atom. The normalized spacial score (nSPS) is 12.2. The summed E-state index contributed by atoms with van der Waals surface area (Å²) in [7, 11) is 1.53. The molecule has 5 rings (SSSR count). The van der Waals surface area contributed by atoms with Gasteiger partial charge in [0.05, 0.1) is 18.0 Å². The molecule has 0 aliphatic carbocycles. The molecule has 0 radical (unpaired) electrons. The number of hydrogen-bond donors (Lipinski definition) is 1. The Hall–Kier alpha value is -4.53. The molecule has 3 aromatic carbocycles. The fourth-order valence-corrected chi connectivity index (χ4v) is 3.53. The van der Waals surface area contributed by atoms with Gasteiger partial charge >= 0.3 is 6.09 Å². The molecule has 34 heavy (non-hydrogen) atoms. The largest absolute Gasteiger partial charge is 0.493 e. The monoisotopic (exact) mass is 462 g/mol. The molecule has 2 heterocycles. The van der Waals surface area contributed by atoms with Crippen LogP contribution in [0, 0.1) is 5.82 Å². The van der Waals surface area contributed by atoms with Crippen LogP contribution in [-0.2, 0) is 0 Å². The van der Waals surface area contributed by atoms with Crippen molar-refractivity contribution >= 4 is 22.7 Å². The number of pyridine rings is 1. The molecule has 1 amide bonds. The smallest absolute Gasteiger partial charge is 0.417 e. The van der Waals surface area contributed by atoms with Gasteiger partial charge in [0.15, 0.2) is 23.1 Å². The Balaban J connectivity index is 1.40. The molecule has 0 spiro atoms. The molecule has 172 valence electrons. The summed E-state index contributed by atoms with van der Waals surface area (Å²) < 4.78 is 42.8. The highest BCUT2D eigenvalue weighted by molar-refractivity contribution is 5.95. The van der Waals surface area contributed by atoms with Crippen LogP contribution in [0.4, 0.5) is 14.9 Å². The van der Waals surface area contributed by atoms with Gasteiger partial charge in [-0.2, -0.15) is 0 Å².